The highest BCUT2D eigenvalue weighted by atomic mass is 16.4. The topological polar surface area (TPSA) is 52.2 Å². The molecule has 0 spiro atoms. The Morgan fingerprint density at radius 2 is 2.17 bits per heavy atom. The fourth-order valence-corrected chi connectivity index (χ4v) is 3.37. The molecule has 1 aromatic rings. The summed E-state index contributed by atoms with van der Waals surface area (Å²) >= 11 is 0. The van der Waals surface area contributed by atoms with Crippen molar-refractivity contribution in [3.05, 3.63) is 41.0 Å². The van der Waals surface area contributed by atoms with Crippen molar-refractivity contribution in [3.63, 3.8) is 0 Å². The van der Waals surface area contributed by atoms with E-state index in [0.29, 0.717) is 0 Å². The van der Waals surface area contributed by atoms with E-state index in [1.807, 2.05) is 13.0 Å². The van der Waals surface area contributed by atoms with Gasteiger partial charge in [0.1, 0.15) is 0 Å². The first-order valence-corrected chi connectivity index (χ1v) is 6.33. The summed E-state index contributed by atoms with van der Waals surface area (Å²) in [6.45, 7) is 4.12. The predicted molar refractivity (Wildman–Crippen MR) is 68.3 cm³/mol. The van der Waals surface area contributed by atoms with Gasteiger partial charge < -0.3 is 15.2 Å². The Bertz CT molecular complexity index is 548. The molecule has 1 aliphatic carbocycles. The molecule has 1 aliphatic heterocycles. The van der Waals surface area contributed by atoms with Crippen molar-refractivity contribution in [2.45, 2.75) is 32.2 Å². The second-order valence-electron chi connectivity index (χ2n) is 5.34. The van der Waals surface area contributed by atoms with E-state index in [9.17, 15) is 9.90 Å². The Balaban J connectivity index is 2.14. The molecule has 1 heterocycles. The van der Waals surface area contributed by atoms with Crippen molar-refractivity contribution in [1.82, 2.24) is 0 Å². The first-order chi connectivity index (χ1) is 8.58. The highest BCUT2D eigenvalue weighted by Crippen LogP contribution is 2.46. The highest BCUT2D eigenvalue weighted by Gasteiger charge is 2.38. The first-order valence-electron chi connectivity index (χ1n) is 6.33. The summed E-state index contributed by atoms with van der Waals surface area (Å²) in [5, 5.41) is 14.4. The molecular formula is C15H16NO2-. The lowest BCUT2D eigenvalue weighted by Crippen LogP contribution is -2.49. The van der Waals surface area contributed by atoms with Crippen LogP contribution < -0.4 is 10.4 Å². The Hall–Kier alpha value is -1.77. The van der Waals surface area contributed by atoms with Gasteiger partial charge in [-0.1, -0.05) is 18.2 Å². The third-order valence-electron chi connectivity index (χ3n) is 4.07. The number of rotatable bonds is 1. The summed E-state index contributed by atoms with van der Waals surface area (Å²) in [5.41, 5.74) is 4.58. The number of carboxylic acid groups (broad SMARTS) is 1. The van der Waals surface area contributed by atoms with Crippen LogP contribution in [0.2, 0.25) is 0 Å². The van der Waals surface area contributed by atoms with Crippen LogP contribution in [0.15, 0.2) is 24.3 Å². The predicted octanol–water partition coefficient (Wildman–Crippen LogP) is 1.51. The standard InChI is InChI=1S/C15H17NO2/c1-8-6-9(2)13-10-4-3-5-11(10)14(15(17)18)16-12(13)7-8/h3-4,6-7,10-11,14,16H,5H2,1-2H3,(H,17,18)/p-1/t10-,11+,14-/m0/s1. The van der Waals surface area contributed by atoms with Gasteiger partial charge in [0.15, 0.2) is 0 Å². The van der Waals surface area contributed by atoms with Gasteiger partial charge in [0, 0.05) is 11.6 Å². The molecule has 3 heteroatoms. The highest BCUT2D eigenvalue weighted by molar-refractivity contribution is 5.79. The molecule has 18 heavy (non-hydrogen) atoms. The fraction of sp³-hybridized carbons (Fsp3) is 0.400. The van der Waals surface area contributed by atoms with Gasteiger partial charge in [0.2, 0.25) is 0 Å². The number of hydrogen-bond donors (Lipinski definition) is 1. The number of carbonyl (C=O) groups is 1. The van der Waals surface area contributed by atoms with Gasteiger partial charge in [0.25, 0.3) is 0 Å². The van der Waals surface area contributed by atoms with Gasteiger partial charge in [-0.25, -0.2) is 0 Å². The van der Waals surface area contributed by atoms with E-state index < -0.39 is 12.0 Å². The molecule has 3 rings (SSSR count). The van der Waals surface area contributed by atoms with Crippen LogP contribution in [-0.2, 0) is 4.79 Å². The van der Waals surface area contributed by atoms with E-state index in [-0.39, 0.29) is 11.8 Å². The fourth-order valence-electron chi connectivity index (χ4n) is 3.37. The quantitative estimate of drug-likeness (QED) is 0.759. The number of carboxylic acids is 1. The maximum Gasteiger partial charge on any atom is 0.0698 e. The van der Waals surface area contributed by atoms with E-state index in [0.717, 1.165) is 17.7 Å². The summed E-state index contributed by atoms with van der Waals surface area (Å²) < 4.78 is 0. The number of nitrogens with one attached hydrogen (secondary N) is 1. The first kappa shape index (κ1) is 11.3. The average Bonchev–Trinajstić information content (AvgIpc) is 2.75. The largest absolute Gasteiger partial charge is 0.548 e. The summed E-state index contributed by atoms with van der Waals surface area (Å²) in [6.07, 6.45) is 5.03. The van der Waals surface area contributed by atoms with Crippen molar-refractivity contribution < 1.29 is 9.90 Å². The normalized spacial score (nSPS) is 28.4. The minimum atomic E-state index is -1.00. The van der Waals surface area contributed by atoms with Gasteiger partial charge in [0.05, 0.1) is 12.0 Å². The minimum absolute atomic E-state index is 0.0870. The maximum absolute atomic E-state index is 11.3. The molecule has 3 nitrogen and oxygen atoms in total. The van der Waals surface area contributed by atoms with Crippen molar-refractivity contribution in [2.75, 3.05) is 5.32 Å². The Labute approximate surface area is 107 Å². The Morgan fingerprint density at radius 3 is 2.89 bits per heavy atom. The average molecular weight is 242 g/mol. The molecule has 0 unspecified atom stereocenters. The lowest BCUT2D eigenvalue weighted by molar-refractivity contribution is -0.308. The number of benzene rings is 1. The van der Waals surface area contributed by atoms with Crippen LogP contribution in [0.3, 0.4) is 0 Å². The van der Waals surface area contributed by atoms with Crippen LogP contribution in [0.25, 0.3) is 0 Å². The summed E-state index contributed by atoms with van der Waals surface area (Å²) in [4.78, 5) is 11.3. The van der Waals surface area contributed by atoms with E-state index in [1.54, 1.807) is 0 Å². The second kappa shape index (κ2) is 3.87. The van der Waals surface area contributed by atoms with Crippen LogP contribution >= 0.6 is 0 Å². The lowest BCUT2D eigenvalue weighted by atomic mass is 9.77. The number of carbonyl (C=O) groups excluding carboxylic acids is 1. The second-order valence-corrected chi connectivity index (χ2v) is 5.34. The molecule has 0 aromatic heterocycles. The number of allylic oxidation sites excluding steroid dienone is 2. The Morgan fingerprint density at radius 1 is 1.39 bits per heavy atom. The number of aliphatic carboxylic acids is 1. The maximum atomic E-state index is 11.3. The molecule has 3 atom stereocenters. The number of anilines is 1. The van der Waals surface area contributed by atoms with Crippen molar-refractivity contribution in [1.29, 1.82) is 0 Å². The molecule has 1 N–H and O–H groups in total. The van der Waals surface area contributed by atoms with Gasteiger partial charge >= 0.3 is 0 Å². The van der Waals surface area contributed by atoms with Crippen LogP contribution in [0.1, 0.15) is 29.0 Å². The SMILES string of the molecule is Cc1cc(C)c2c(c1)N[C@H](C(=O)[O-])[C@@H]1CC=C[C@H]21. The van der Waals surface area contributed by atoms with Crippen LogP contribution in [0.5, 0.6) is 0 Å². The van der Waals surface area contributed by atoms with Crippen LogP contribution in [0, 0.1) is 19.8 Å². The van der Waals surface area contributed by atoms with E-state index in [1.165, 1.54) is 11.1 Å². The van der Waals surface area contributed by atoms with E-state index >= 15 is 0 Å². The van der Waals surface area contributed by atoms with Gasteiger partial charge in [-0.15, -0.1) is 0 Å². The minimum Gasteiger partial charge on any atom is -0.548 e. The lowest BCUT2D eigenvalue weighted by Gasteiger charge is -2.38. The van der Waals surface area contributed by atoms with Crippen molar-refractivity contribution >= 4 is 11.7 Å². The molecule has 0 radical (unpaired) electrons. The zero-order valence-electron chi connectivity index (χ0n) is 10.6. The molecule has 94 valence electrons. The molecule has 0 amide bonds. The molecule has 2 aliphatic rings. The van der Waals surface area contributed by atoms with Gasteiger partial charge in [-0.05, 0) is 48.9 Å². The zero-order chi connectivity index (χ0) is 12.9. The van der Waals surface area contributed by atoms with E-state index in [4.69, 9.17) is 0 Å². The summed E-state index contributed by atoms with van der Waals surface area (Å²) in [7, 11) is 0. The molecular weight excluding hydrogens is 226 g/mol. The molecule has 1 aromatic carbocycles. The number of fused-ring (bicyclic) bond motifs is 3. The van der Waals surface area contributed by atoms with Gasteiger partial charge in [-0.2, -0.15) is 0 Å². The molecule has 0 fully saturated rings. The number of hydrogen-bond acceptors (Lipinski definition) is 3. The van der Waals surface area contributed by atoms with E-state index in [2.05, 4.69) is 30.5 Å². The van der Waals surface area contributed by atoms with Crippen LogP contribution in [-0.4, -0.2) is 12.0 Å². The van der Waals surface area contributed by atoms with Crippen molar-refractivity contribution in [3.8, 4) is 0 Å². The van der Waals surface area contributed by atoms with Gasteiger partial charge in [-0.3, -0.25) is 0 Å². The molecule has 0 saturated heterocycles. The van der Waals surface area contributed by atoms with Crippen molar-refractivity contribution in [2.24, 2.45) is 5.92 Å². The molecule has 0 saturated carbocycles. The molecule has 0 bridgehead atoms. The van der Waals surface area contributed by atoms with Crippen LogP contribution in [0.4, 0.5) is 5.69 Å². The third kappa shape index (κ3) is 1.54. The monoisotopic (exact) mass is 242 g/mol. The zero-order valence-corrected chi connectivity index (χ0v) is 10.6. The number of aryl methyl sites for hydroxylation is 2. The smallest absolute Gasteiger partial charge is 0.0698 e. The summed E-state index contributed by atoms with van der Waals surface area (Å²) in [5.74, 6) is -0.702. The third-order valence-corrected chi connectivity index (χ3v) is 4.07. The summed E-state index contributed by atoms with van der Waals surface area (Å²) in [6, 6.07) is 3.60. The Kier molecular flexibility index (Phi) is 2.44.